The van der Waals surface area contributed by atoms with E-state index in [9.17, 15) is 4.79 Å². The lowest BCUT2D eigenvalue weighted by Gasteiger charge is -2.14. The summed E-state index contributed by atoms with van der Waals surface area (Å²) in [6, 6.07) is 3.81. The fraction of sp³-hybridized carbons (Fsp3) is 0.444. The Hall–Kier alpha value is -1.03. The molecule has 0 unspecified atom stereocenters. The van der Waals surface area contributed by atoms with Crippen LogP contribution in [0.3, 0.4) is 0 Å². The van der Waals surface area contributed by atoms with Crippen molar-refractivity contribution < 1.29 is 9.53 Å². The number of hydrogen-bond acceptors (Lipinski definition) is 4. The molecule has 2 N–H and O–H groups in total. The summed E-state index contributed by atoms with van der Waals surface area (Å²) >= 11 is 1.56. The van der Waals surface area contributed by atoms with Gasteiger partial charge in [-0.05, 0) is 38.3 Å². The molecule has 0 radical (unpaired) electrons. The van der Waals surface area contributed by atoms with E-state index < -0.39 is 0 Å². The van der Waals surface area contributed by atoms with E-state index in [1.54, 1.807) is 11.3 Å². The van der Waals surface area contributed by atoms with Crippen molar-refractivity contribution in [2.75, 3.05) is 5.73 Å². The topological polar surface area (TPSA) is 52.3 Å². The molecule has 0 spiro atoms. The molecule has 0 atom stereocenters. The number of thiophene rings is 1. The standard InChI is InChI=1S/C5H10O2.C4H5NS/c1-5(2,3)7-4-6;5-4-2-1-3-6-4/h4H,1-3H3;1-3H,5H2. The monoisotopic (exact) mass is 201 g/mol. The van der Waals surface area contributed by atoms with Gasteiger partial charge >= 0.3 is 0 Å². The van der Waals surface area contributed by atoms with Gasteiger partial charge in [-0.1, -0.05) is 0 Å². The number of carbonyl (C=O) groups excluding carboxylic acids is 1. The van der Waals surface area contributed by atoms with Crippen LogP contribution in [-0.4, -0.2) is 12.1 Å². The Morgan fingerprint density at radius 1 is 1.54 bits per heavy atom. The molecule has 0 bridgehead atoms. The first-order chi connectivity index (χ1) is 5.95. The highest BCUT2D eigenvalue weighted by atomic mass is 32.1. The third-order valence-corrected chi connectivity index (χ3v) is 1.65. The van der Waals surface area contributed by atoms with Gasteiger partial charge in [0.2, 0.25) is 0 Å². The summed E-state index contributed by atoms with van der Waals surface area (Å²) in [6.45, 7) is 5.92. The van der Waals surface area contributed by atoms with E-state index in [1.807, 2.05) is 38.3 Å². The summed E-state index contributed by atoms with van der Waals surface area (Å²) < 4.78 is 4.55. The minimum atomic E-state index is -0.318. The molecule has 0 aliphatic heterocycles. The maximum atomic E-state index is 9.60. The highest BCUT2D eigenvalue weighted by Crippen LogP contribution is 2.07. The highest BCUT2D eigenvalue weighted by Gasteiger charge is 2.07. The molecule has 0 aromatic carbocycles. The quantitative estimate of drug-likeness (QED) is 0.709. The Labute approximate surface area is 82.5 Å². The van der Waals surface area contributed by atoms with Gasteiger partial charge in [-0.3, -0.25) is 4.79 Å². The predicted octanol–water partition coefficient (Wildman–Crippen LogP) is 2.29. The van der Waals surface area contributed by atoms with E-state index in [1.165, 1.54) is 0 Å². The van der Waals surface area contributed by atoms with Gasteiger partial charge < -0.3 is 10.5 Å². The van der Waals surface area contributed by atoms with Crippen LogP contribution < -0.4 is 5.73 Å². The van der Waals surface area contributed by atoms with E-state index in [4.69, 9.17) is 5.73 Å². The minimum Gasteiger partial charge on any atom is -0.462 e. The lowest BCUT2D eigenvalue weighted by Crippen LogP contribution is -2.17. The summed E-state index contributed by atoms with van der Waals surface area (Å²) in [5.74, 6) is 0. The van der Waals surface area contributed by atoms with Crippen LogP contribution in [0.4, 0.5) is 5.00 Å². The molecule has 4 heteroatoms. The molecular formula is C9H15NO2S. The fourth-order valence-electron chi connectivity index (χ4n) is 0.436. The van der Waals surface area contributed by atoms with Crippen molar-refractivity contribution in [2.24, 2.45) is 0 Å². The molecule has 1 aromatic rings. The number of rotatable bonds is 1. The van der Waals surface area contributed by atoms with Crippen LogP contribution >= 0.6 is 11.3 Å². The van der Waals surface area contributed by atoms with Crippen LogP contribution in [0, 0.1) is 0 Å². The molecule has 0 aliphatic rings. The van der Waals surface area contributed by atoms with Crippen LogP contribution in [0.1, 0.15) is 20.8 Å². The van der Waals surface area contributed by atoms with Gasteiger partial charge in [0.1, 0.15) is 5.60 Å². The van der Waals surface area contributed by atoms with Crippen LogP contribution in [-0.2, 0) is 9.53 Å². The second-order valence-corrected chi connectivity index (χ2v) is 4.32. The normalized spacial score (nSPS) is 9.77. The maximum absolute atomic E-state index is 9.60. The van der Waals surface area contributed by atoms with Crippen molar-refractivity contribution in [1.29, 1.82) is 0 Å². The van der Waals surface area contributed by atoms with Gasteiger partial charge in [0, 0.05) is 0 Å². The smallest absolute Gasteiger partial charge is 0.293 e. The van der Waals surface area contributed by atoms with E-state index >= 15 is 0 Å². The third-order valence-electron chi connectivity index (χ3n) is 0.945. The molecule has 0 aliphatic carbocycles. The Morgan fingerprint density at radius 3 is 2.23 bits per heavy atom. The van der Waals surface area contributed by atoms with Gasteiger partial charge in [0.05, 0.1) is 5.00 Å². The first-order valence-electron chi connectivity index (χ1n) is 3.86. The lowest BCUT2D eigenvalue weighted by atomic mass is 10.2. The van der Waals surface area contributed by atoms with Crippen LogP contribution in [0.5, 0.6) is 0 Å². The minimum absolute atomic E-state index is 0.318. The second kappa shape index (κ2) is 5.59. The average molecular weight is 201 g/mol. The third kappa shape index (κ3) is 8.88. The number of hydrogen-bond donors (Lipinski definition) is 1. The van der Waals surface area contributed by atoms with E-state index in [0.717, 1.165) is 5.00 Å². The number of anilines is 1. The fourth-order valence-corrected chi connectivity index (χ4v) is 0.907. The number of ether oxygens (including phenoxy) is 1. The first-order valence-corrected chi connectivity index (χ1v) is 4.74. The van der Waals surface area contributed by atoms with Crippen molar-refractivity contribution in [3.63, 3.8) is 0 Å². The van der Waals surface area contributed by atoms with Crippen molar-refractivity contribution in [1.82, 2.24) is 0 Å². The zero-order valence-electron chi connectivity index (χ0n) is 8.11. The van der Waals surface area contributed by atoms with E-state index in [0.29, 0.717) is 6.47 Å². The SMILES string of the molecule is CC(C)(C)OC=O.Nc1cccs1. The summed E-state index contributed by atoms with van der Waals surface area (Å²) in [5, 5.41) is 2.84. The summed E-state index contributed by atoms with van der Waals surface area (Å²) in [5.41, 5.74) is 4.98. The van der Waals surface area contributed by atoms with Gasteiger partial charge in [0.25, 0.3) is 6.47 Å². The van der Waals surface area contributed by atoms with Crippen LogP contribution in [0.2, 0.25) is 0 Å². The molecule has 13 heavy (non-hydrogen) atoms. The van der Waals surface area contributed by atoms with Crippen molar-refractivity contribution in [2.45, 2.75) is 26.4 Å². The van der Waals surface area contributed by atoms with Crippen molar-refractivity contribution in [3.05, 3.63) is 17.5 Å². The molecule has 1 aromatic heterocycles. The molecule has 0 saturated carbocycles. The van der Waals surface area contributed by atoms with E-state index in [2.05, 4.69) is 4.74 Å². The first kappa shape index (κ1) is 12.0. The zero-order valence-corrected chi connectivity index (χ0v) is 8.93. The summed E-state index contributed by atoms with van der Waals surface area (Å²) in [4.78, 5) is 9.60. The van der Waals surface area contributed by atoms with Crippen LogP contribution in [0.25, 0.3) is 0 Å². The number of nitrogen functional groups attached to an aromatic ring is 1. The molecule has 3 nitrogen and oxygen atoms in total. The van der Waals surface area contributed by atoms with E-state index in [-0.39, 0.29) is 5.60 Å². The molecule has 1 rings (SSSR count). The Bertz CT molecular complexity index is 226. The predicted molar refractivity (Wildman–Crippen MR) is 55.6 cm³/mol. The van der Waals surface area contributed by atoms with Gasteiger partial charge in [-0.25, -0.2) is 0 Å². The summed E-state index contributed by atoms with van der Waals surface area (Å²) in [7, 11) is 0. The van der Waals surface area contributed by atoms with Gasteiger partial charge in [-0.15, -0.1) is 11.3 Å². The van der Waals surface area contributed by atoms with Crippen molar-refractivity contribution in [3.8, 4) is 0 Å². The molecule has 0 saturated heterocycles. The lowest BCUT2D eigenvalue weighted by molar-refractivity contribution is -0.138. The number of nitrogens with two attached hydrogens (primary N) is 1. The van der Waals surface area contributed by atoms with Gasteiger partial charge in [-0.2, -0.15) is 0 Å². The van der Waals surface area contributed by atoms with Crippen molar-refractivity contribution >= 4 is 22.8 Å². The second-order valence-electron chi connectivity index (χ2n) is 3.34. The largest absolute Gasteiger partial charge is 0.462 e. The highest BCUT2D eigenvalue weighted by molar-refractivity contribution is 7.13. The molecule has 1 heterocycles. The Kier molecular flexibility index (Phi) is 5.14. The van der Waals surface area contributed by atoms with Gasteiger partial charge in [0.15, 0.2) is 0 Å². The zero-order chi connectivity index (χ0) is 10.3. The Morgan fingerprint density at radius 2 is 2.15 bits per heavy atom. The number of carbonyl (C=O) groups is 1. The molecular weight excluding hydrogens is 186 g/mol. The van der Waals surface area contributed by atoms with Crippen LogP contribution in [0.15, 0.2) is 17.5 Å². The average Bonchev–Trinajstić information content (AvgIpc) is 2.38. The summed E-state index contributed by atoms with van der Waals surface area (Å²) in [6.07, 6.45) is 0. The molecule has 0 fully saturated rings. The maximum Gasteiger partial charge on any atom is 0.293 e. The molecule has 74 valence electrons. The molecule has 0 amide bonds. The Balaban J connectivity index is 0.000000223.